The molecule has 1 atom stereocenters. The predicted octanol–water partition coefficient (Wildman–Crippen LogP) is 4.90. The van der Waals surface area contributed by atoms with Gasteiger partial charge in [0.15, 0.2) is 0 Å². The molecule has 2 fully saturated rings. The first-order chi connectivity index (χ1) is 17.4. The number of carbonyl (C=O) groups excluding carboxylic acids is 2. The number of nitrogens with one attached hydrogen (secondary N) is 2. The molecule has 1 aromatic heterocycles. The smallest absolute Gasteiger partial charge is 0.257 e. The number of rotatable bonds is 7. The number of aromatic nitrogens is 1. The molecule has 1 heterocycles. The van der Waals surface area contributed by atoms with Crippen LogP contribution in [0.4, 0.5) is 0 Å². The molecular formula is C29H33N3O4. The van der Waals surface area contributed by atoms with E-state index in [2.05, 4.69) is 10.6 Å². The van der Waals surface area contributed by atoms with Crippen LogP contribution in [0.25, 0.3) is 10.8 Å². The van der Waals surface area contributed by atoms with Gasteiger partial charge in [-0.15, -0.1) is 0 Å². The summed E-state index contributed by atoms with van der Waals surface area (Å²) < 4.78 is 7.16. The van der Waals surface area contributed by atoms with Crippen molar-refractivity contribution in [3.05, 3.63) is 75.7 Å². The molecule has 1 unspecified atom stereocenters. The Bertz CT molecular complexity index is 1350. The number of hydrogen-bond acceptors (Lipinski definition) is 4. The topological polar surface area (TPSA) is 89.4 Å². The van der Waals surface area contributed by atoms with Crippen LogP contribution in [0.1, 0.15) is 90.2 Å². The van der Waals surface area contributed by atoms with Gasteiger partial charge in [-0.3, -0.25) is 14.4 Å². The Labute approximate surface area is 210 Å². The molecule has 7 nitrogen and oxygen atoms in total. The molecule has 2 saturated carbocycles. The van der Waals surface area contributed by atoms with Crippen molar-refractivity contribution in [2.24, 2.45) is 0 Å². The Hall–Kier alpha value is -3.61. The molecule has 2 N–H and O–H groups in total. The highest BCUT2D eigenvalue weighted by atomic mass is 16.5. The molecule has 3 aromatic rings. The van der Waals surface area contributed by atoms with E-state index in [1.165, 1.54) is 6.42 Å². The summed E-state index contributed by atoms with van der Waals surface area (Å²) in [6, 6.07) is 11.8. The first-order valence-corrected chi connectivity index (χ1v) is 12.9. The zero-order valence-corrected chi connectivity index (χ0v) is 20.9. The number of fused-ring (bicyclic) bond motifs is 1. The van der Waals surface area contributed by atoms with Crippen molar-refractivity contribution < 1.29 is 14.3 Å². The Morgan fingerprint density at radius 2 is 1.58 bits per heavy atom. The molecule has 0 bridgehead atoms. The molecule has 2 aromatic carbocycles. The molecule has 2 amide bonds. The maximum Gasteiger partial charge on any atom is 0.257 e. The van der Waals surface area contributed by atoms with Gasteiger partial charge in [0.05, 0.1) is 13.2 Å². The van der Waals surface area contributed by atoms with E-state index >= 15 is 0 Å². The maximum absolute atomic E-state index is 13.3. The predicted molar refractivity (Wildman–Crippen MR) is 140 cm³/mol. The second kappa shape index (κ2) is 10.2. The molecule has 5 rings (SSSR count). The summed E-state index contributed by atoms with van der Waals surface area (Å²) in [4.78, 5) is 39.6. The van der Waals surface area contributed by atoms with E-state index in [-0.39, 0.29) is 35.2 Å². The number of benzene rings is 2. The van der Waals surface area contributed by atoms with E-state index in [1.54, 1.807) is 19.5 Å². The number of amides is 2. The summed E-state index contributed by atoms with van der Waals surface area (Å²) >= 11 is 0. The molecule has 2 aliphatic rings. The van der Waals surface area contributed by atoms with Crippen LogP contribution in [0.3, 0.4) is 0 Å². The largest absolute Gasteiger partial charge is 0.497 e. The standard InChI is InChI=1S/C29H33N3O4/c1-18(19-8-9-21-15-24(36-2)13-10-20(21)14-19)30-28(34)25-16-32(23-11-12-23)17-26(27(25)33)29(35)31-22-6-4-3-5-7-22/h8-10,13-18,22-23H,3-7,11-12H2,1-2H3,(H,30,34)(H,31,35). The summed E-state index contributed by atoms with van der Waals surface area (Å²) in [7, 11) is 1.64. The minimum atomic E-state index is -0.518. The first-order valence-electron chi connectivity index (χ1n) is 12.9. The number of pyridine rings is 1. The van der Waals surface area contributed by atoms with Gasteiger partial charge in [-0.25, -0.2) is 0 Å². The van der Waals surface area contributed by atoms with Gasteiger partial charge in [0.2, 0.25) is 5.43 Å². The lowest BCUT2D eigenvalue weighted by molar-refractivity contribution is 0.0925. The van der Waals surface area contributed by atoms with Gasteiger partial charge >= 0.3 is 0 Å². The number of ether oxygens (including phenoxy) is 1. The van der Waals surface area contributed by atoms with Gasteiger partial charge in [-0.2, -0.15) is 0 Å². The van der Waals surface area contributed by atoms with Crippen LogP contribution < -0.4 is 20.8 Å². The summed E-state index contributed by atoms with van der Waals surface area (Å²) in [6.45, 7) is 1.89. The fraction of sp³-hybridized carbons (Fsp3) is 0.414. The SMILES string of the molecule is COc1ccc2cc(C(C)NC(=O)c3cn(C4CC4)cc(C(=O)NC4CCCCC4)c3=O)ccc2c1. The third-order valence-electron chi connectivity index (χ3n) is 7.36. The van der Waals surface area contributed by atoms with Crippen molar-refractivity contribution in [1.82, 2.24) is 15.2 Å². The van der Waals surface area contributed by atoms with E-state index in [1.807, 2.05) is 47.9 Å². The Morgan fingerprint density at radius 3 is 2.28 bits per heavy atom. The van der Waals surface area contributed by atoms with E-state index in [0.29, 0.717) is 0 Å². The number of hydrogen-bond donors (Lipinski definition) is 2. The van der Waals surface area contributed by atoms with Gasteiger partial charge in [0, 0.05) is 24.5 Å². The van der Waals surface area contributed by atoms with Crippen molar-refractivity contribution in [2.75, 3.05) is 7.11 Å². The monoisotopic (exact) mass is 487 g/mol. The molecule has 7 heteroatoms. The zero-order chi connectivity index (χ0) is 25.2. The van der Waals surface area contributed by atoms with E-state index in [0.717, 1.165) is 60.6 Å². The highest BCUT2D eigenvalue weighted by Crippen LogP contribution is 2.34. The van der Waals surface area contributed by atoms with Crippen molar-refractivity contribution in [3.8, 4) is 5.75 Å². The average molecular weight is 488 g/mol. The number of nitrogens with zero attached hydrogens (tertiary/aromatic N) is 1. The van der Waals surface area contributed by atoms with Crippen molar-refractivity contribution in [1.29, 1.82) is 0 Å². The number of methoxy groups -OCH3 is 1. The van der Waals surface area contributed by atoms with Crippen LogP contribution in [0.5, 0.6) is 5.75 Å². The van der Waals surface area contributed by atoms with Gasteiger partial charge in [0.25, 0.3) is 11.8 Å². The molecule has 0 saturated heterocycles. The fourth-order valence-electron chi connectivity index (χ4n) is 5.01. The summed E-state index contributed by atoms with van der Waals surface area (Å²) in [6.07, 6.45) is 10.4. The second-order valence-corrected chi connectivity index (χ2v) is 10.1. The molecule has 0 radical (unpaired) electrons. The Balaban J connectivity index is 1.38. The molecular weight excluding hydrogens is 454 g/mol. The number of carbonyl (C=O) groups is 2. The highest BCUT2D eigenvalue weighted by Gasteiger charge is 2.28. The third-order valence-corrected chi connectivity index (χ3v) is 7.36. The Morgan fingerprint density at radius 1 is 0.917 bits per heavy atom. The highest BCUT2D eigenvalue weighted by molar-refractivity contribution is 5.99. The third kappa shape index (κ3) is 5.15. The van der Waals surface area contributed by atoms with Crippen LogP contribution in [0, 0.1) is 0 Å². The Kier molecular flexibility index (Phi) is 6.81. The van der Waals surface area contributed by atoms with E-state index < -0.39 is 11.3 Å². The van der Waals surface area contributed by atoms with Gasteiger partial charge < -0.3 is 19.9 Å². The van der Waals surface area contributed by atoms with Crippen LogP contribution in [-0.4, -0.2) is 29.5 Å². The average Bonchev–Trinajstić information content (AvgIpc) is 3.74. The maximum atomic E-state index is 13.3. The van der Waals surface area contributed by atoms with E-state index in [9.17, 15) is 14.4 Å². The van der Waals surface area contributed by atoms with Crippen molar-refractivity contribution in [2.45, 2.75) is 70.0 Å². The molecule has 188 valence electrons. The fourth-order valence-corrected chi connectivity index (χ4v) is 5.01. The summed E-state index contributed by atoms with van der Waals surface area (Å²) in [5, 5.41) is 8.07. The van der Waals surface area contributed by atoms with Crippen LogP contribution in [0.15, 0.2) is 53.6 Å². The summed E-state index contributed by atoms with van der Waals surface area (Å²) in [5.74, 6) is -0.0612. The molecule has 0 aliphatic heterocycles. The first kappa shape index (κ1) is 24.1. The minimum Gasteiger partial charge on any atom is -0.497 e. The lowest BCUT2D eigenvalue weighted by Crippen LogP contribution is -2.40. The lowest BCUT2D eigenvalue weighted by atomic mass is 9.95. The van der Waals surface area contributed by atoms with Gasteiger partial charge in [-0.05, 0) is 67.1 Å². The van der Waals surface area contributed by atoms with Gasteiger partial charge in [0.1, 0.15) is 16.9 Å². The lowest BCUT2D eigenvalue weighted by Gasteiger charge is -2.23. The van der Waals surface area contributed by atoms with E-state index in [4.69, 9.17) is 4.74 Å². The molecule has 0 spiro atoms. The van der Waals surface area contributed by atoms with Crippen LogP contribution in [0.2, 0.25) is 0 Å². The van der Waals surface area contributed by atoms with Crippen molar-refractivity contribution in [3.63, 3.8) is 0 Å². The zero-order valence-electron chi connectivity index (χ0n) is 20.9. The second-order valence-electron chi connectivity index (χ2n) is 10.1. The summed E-state index contributed by atoms with van der Waals surface area (Å²) in [5.41, 5.74) is 0.466. The van der Waals surface area contributed by atoms with Crippen LogP contribution >= 0.6 is 0 Å². The normalized spacial score (nSPS) is 16.9. The van der Waals surface area contributed by atoms with Gasteiger partial charge in [-0.1, -0.05) is 37.5 Å². The minimum absolute atomic E-state index is 0.00979. The molecule has 36 heavy (non-hydrogen) atoms. The quantitative estimate of drug-likeness (QED) is 0.496. The molecule has 2 aliphatic carbocycles. The van der Waals surface area contributed by atoms with Crippen LogP contribution in [-0.2, 0) is 0 Å². The van der Waals surface area contributed by atoms with Crippen molar-refractivity contribution >= 4 is 22.6 Å².